The highest BCUT2D eigenvalue weighted by Crippen LogP contribution is 2.30. The van der Waals surface area contributed by atoms with E-state index in [4.69, 9.17) is 4.98 Å². The Morgan fingerprint density at radius 3 is 2.72 bits per heavy atom. The maximum Gasteiger partial charge on any atom is 0.270 e. The highest BCUT2D eigenvalue weighted by atomic mass is 32.1. The van der Waals surface area contributed by atoms with Gasteiger partial charge in [-0.2, -0.15) is 5.10 Å². The lowest BCUT2D eigenvalue weighted by molar-refractivity contribution is 0.0912. The highest BCUT2D eigenvalue weighted by Gasteiger charge is 2.21. The Kier molecular flexibility index (Phi) is 5.76. The predicted molar refractivity (Wildman–Crippen MR) is 129 cm³/mol. The number of aromatic nitrogens is 3. The lowest BCUT2D eigenvalue weighted by atomic mass is 10.0. The molecule has 6 nitrogen and oxygen atoms in total. The quantitative estimate of drug-likeness (QED) is 0.500. The molecule has 1 aliphatic heterocycles. The number of nitrogens with one attached hydrogen (secondary N) is 1. The molecule has 0 spiro atoms. The average molecular weight is 446 g/mol. The summed E-state index contributed by atoms with van der Waals surface area (Å²) in [4.78, 5) is 20.1. The van der Waals surface area contributed by atoms with Gasteiger partial charge >= 0.3 is 0 Å². The van der Waals surface area contributed by atoms with Gasteiger partial charge < -0.3 is 10.2 Å². The van der Waals surface area contributed by atoms with Gasteiger partial charge in [0.05, 0.1) is 15.9 Å². The molecule has 4 aromatic rings. The summed E-state index contributed by atoms with van der Waals surface area (Å²) in [5.41, 5.74) is 5.95. The van der Waals surface area contributed by atoms with Crippen LogP contribution in [0.5, 0.6) is 0 Å². The molecule has 0 saturated carbocycles. The van der Waals surface area contributed by atoms with E-state index in [-0.39, 0.29) is 11.9 Å². The van der Waals surface area contributed by atoms with Gasteiger partial charge in [0.25, 0.3) is 5.91 Å². The summed E-state index contributed by atoms with van der Waals surface area (Å²) in [5, 5.41) is 9.63. The summed E-state index contributed by atoms with van der Waals surface area (Å²) < 4.78 is 3.01. The van der Waals surface area contributed by atoms with E-state index in [2.05, 4.69) is 58.9 Å². The molecule has 1 amide bonds. The van der Waals surface area contributed by atoms with Crippen LogP contribution in [0.1, 0.15) is 40.0 Å². The van der Waals surface area contributed by atoms with Crippen molar-refractivity contribution in [1.29, 1.82) is 0 Å². The van der Waals surface area contributed by atoms with Gasteiger partial charge in [0, 0.05) is 18.4 Å². The Balaban J connectivity index is 1.40. The number of nitrogens with zero attached hydrogens (tertiary/aromatic N) is 4. The van der Waals surface area contributed by atoms with Gasteiger partial charge in [-0.1, -0.05) is 12.1 Å². The molecule has 4 heterocycles. The fourth-order valence-corrected chi connectivity index (χ4v) is 5.26. The number of piperidine rings is 1. The van der Waals surface area contributed by atoms with Crippen molar-refractivity contribution in [3.05, 3.63) is 76.6 Å². The number of carbonyl (C=O) groups excluding carboxylic acids is 1. The van der Waals surface area contributed by atoms with E-state index in [0.717, 1.165) is 59.4 Å². The minimum Gasteiger partial charge on any atom is -0.348 e. The zero-order chi connectivity index (χ0) is 22.1. The third-order valence-corrected chi connectivity index (χ3v) is 7.33. The minimum absolute atomic E-state index is 0.0673. The van der Waals surface area contributed by atoms with E-state index in [9.17, 15) is 4.79 Å². The lowest BCUT2D eigenvalue weighted by Gasteiger charge is -2.29. The maximum atomic E-state index is 13.1. The molecular formula is C25H27N5OS. The van der Waals surface area contributed by atoms with Gasteiger partial charge in [-0.15, -0.1) is 11.3 Å². The molecule has 32 heavy (non-hydrogen) atoms. The Morgan fingerprint density at radius 2 is 2.00 bits per heavy atom. The second-order valence-corrected chi connectivity index (χ2v) is 9.49. The zero-order valence-electron chi connectivity index (χ0n) is 18.4. The first-order valence-corrected chi connectivity index (χ1v) is 11.9. The van der Waals surface area contributed by atoms with Gasteiger partial charge in [0.1, 0.15) is 5.69 Å². The van der Waals surface area contributed by atoms with Crippen LogP contribution in [0.4, 0.5) is 0 Å². The molecule has 5 rings (SSSR count). The van der Waals surface area contributed by atoms with Crippen molar-refractivity contribution < 1.29 is 4.79 Å². The van der Waals surface area contributed by atoms with Crippen molar-refractivity contribution in [2.45, 2.75) is 32.2 Å². The number of aryl methyl sites for hydroxylation is 1. The summed E-state index contributed by atoms with van der Waals surface area (Å²) >= 11 is 1.70. The molecular weight excluding hydrogens is 418 g/mol. The number of hydrogen-bond acceptors (Lipinski definition) is 5. The highest BCUT2D eigenvalue weighted by molar-refractivity contribution is 7.17. The largest absolute Gasteiger partial charge is 0.348 e. The molecule has 7 heteroatoms. The second-order valence-electron chi connectivity index (χ2n) is 8.61. The maximum absolute atomic E-state index is 13.1. The van der Waals surface area contributed by atoms with Crippen molar-refractivity contribution in [2.75, 3.05) is 20.1 Å². The average Bonchev–Trinajstić information content (AvgIpc) is 3.47. The number of benzene rings is 1. The van der Waals surface area contributed by atoms with Crippen LogP contribution in [-0.2, 0) is 6.42 Å². The van der Waals surface area contributed by atoms with E-state index in [1.54, 1.807) is 17.5 Å². The topological polar surface area (TPSA) is 63.1 Å². The molecule has 1 aromatic carbocycles. The fraction of sp³-hybridized carbons (Fsp3) is 0.320. The number of likely N-dealkylation sites (tertiary alicyclic amines) is 1. The lowest BCUT2D eigenvalue weighted by Crippen LogP contribution is -2.43. The van der Waals surface area contributed by atoms with E-state index in [1.165, 1.54) is 5.56 Å². The van der Waals surface area contributed by atoms with Gasteiger partial charge in [-0.05, 0) is 92.7 Å². The number of carbonyl (C=O) groups is 1. The van der Waals surface area contributed by atoms with Crippen LogP contribution in [0.25, 0.3) is 15.9 Å². The summed E-state index contributed by atoms with van der Waals surface area (Å²) in [6.07, 6.45) is 6.44. The third-order valence-electron chi connectivity index (χ3n) is 6.16. The second kappa shape index (κ2) is 8.84. The Hall–Kier alpha value is -3.03. The van der Waals surface area contributed by atoms with E-state index >= 15 is 0 Å². The molecule has 1 aliphatic rings. The van der Waals surface area contributed by atoms with Crippen molar-refractivity contribution in [2.24, 2.45) is 0 Å². The summed E-state index contributed by atoms with van der Waals surface area (Å²) in [7, 11) is 2.13. The Bertz CT molecular complexity index is 1220. The van der Waals surface area contributed by atoms with E-state index < -0.39 is 0 Å². The van der Waals surface area contributed by atoms with Gasteiger partial charge in [-0.25, -0.2) is 9.67 Å². The Labute approximate surface area is 191 Å². The molecule has 0 unspecified atom stereocenters. The van der Waals surface area contributed by atoms with Crippen molar-refractivity contribution >= 4 is 27.5 Å². The molecule has 0 aliphatic carbocycles. The standard InChI is InChI=1S/C25H27N5OS/c1-17-16-32-24-19(14-18-4-6-21(7-5-18)30-11-3-10-26-30)15-22(28-23(17)24)25(31)27-20-8-12-29(2)13-9-20/h3-7,10-11,15-16,20H,8-9,12-14H2,1-2H3,(H,27,31). The number of fused-ring (bicyclic) bond motifs is 1. The van der Waals surface area contributed by atoms with Gasteiger partial charge in [0.2, 0.25) is 0 Å². The summed E-state index contributed by atoms with van der Waals surface area (Å²) in [6, 6.07) is 12.5. The predicted octanol–water partition coefficient (Wildman–Crippen LogP) is 4.21. The molecule has 3 aromatic heterocycles. The van der Waals surface area contributed by atoms with Gasteiger partial charge in [0.15, 0.2) is 0 Å². The smallest absolute Gasteiger partial charge is 0.270 e. The first-order valence-electron chi connectivity index (χ1n) is 11.0. The number of hydrogen-bond donors (Lipinski definition) is 1. The summed E-state index contributed by atoms with van der Waals surface area (Å²) in [6.45, 7) is 4.09. The first kappa shape index (κ1) is 20.8. The monoisotopic (exact) mass is 445 g/mol. The number of pyridine rings is 1. The van der Waals surface area contributed by atoms with Crippen LogP contribution >= 0.6 is 11.3 Å². The molecule has 0 bridgehead atoms. The van der Waals surface area contributed by atoms with Crippen LogP contribution in [0.2, 0.25) is 0 Å². The van der Waals surface area contributed by atoms with Crippen LogP contribution in [-0.4, -0.2) is 51.8 Å². The molecule has 0 atom stereocenters. The SMILES string of the molecule is Cc1csc2c(Cc3ccc(-n4cccn4)cc3)cc(C(=O)NC3CCN(C)CC3)nc12. The number of amides is 1. The number of rotatable bonds is 5. The third kappa shape index (κ3) is 4.31. The van der Waals surface area contributed by atoms with E-state index in [1.807, 2.05) is 23.0 Å². The Morgan fingerprint density at radius 1 is 1.22 bits per heavy atom. The van der Waals surface area contributed by atoms with Crippen molar-refractivity contribution in [3.63, 3.8) is 0 Å². The van der Waals surface area contributed by atoms with Gasteiger partial charge in [-0.3, -0.25) is 4.79 Å². The summed E-state index contributed by atoms with van der Waals surface area (Å²) in [5.74, 6) is -0.0673. The fourth-order valence-electron chi connectivity index (χ4n) is 4.26. The number of thiophene rings is 1. The van der Waals surface area contributed by atoms with Crippen LogP contribution in [0.3, 0.4) is 0 Å². The van der Waals surface area contributed by atoms with Crippen LogP contribution < -0.4 is 5.32 Å². The molecule has 0 radical (unpaired) electrons. The molecule has 1 saturated heterocycles. The molecule has 1 N–H and O–H groups in total. The van der Waals surface area contributed by atoms with E-state index in [0.29, 0.717) is 5.69 Å². The molecule has 1 fully saturated rings. The normalized spacial score (nSPS) is 15.3. The zero-order valence-corrected chi connectivity index (χ0v) is 19.2. The van der Waals surface area contributed by atoms with Crippen molar-refractivity contribution in [1.82, 2.24) is 25.0 Å². The van der Waals surface area contributed by atoms with Crippen LogP contribution in [0, 0.1) is 6.92 Å². The minimum atomic E-state index is -0.0673. The van der Waals surface area contributed by atoms with Crippen LogP contribution in [0.15, 0.2) is 54.2 Å². The first-order chi connectivity index (χ1) is 15.6. The van der Waals surface area contributed by atoms with Crippen molar-refractivity contribution in [3.8, 4) is 5.69 Å². The molecule has 164 valence electrons.